The van der Waals surface area contributed by atoms with Gasteiger partial charge in [-0.25, -0.2) is 4.79 Å². The van der Waals surface area contributed by atoms with Gasteiger partial charge in [0.1, 0.15) is 11.5 Å². The second-order valence-electron chi connectivity index (χ2n) is 5.78. The minimum absolute atomic E-state index is 0.00454. The minimum atomic E-state index is -0.778. The summed E-state index contributed by atoms with van der Waals surface area (Å²) in [4.78, 5) is 24.9. The number of ether oxygens (including phenoxy) is 1. The molecule has 0 aromatic heterocycles. The molecule has 1 aliphatic rings. The smallest absolute Gasteiger partial charge is 0.319 e. The standard InChI is InChI=1S/C19H19N3O4/c1-11-16(18(24)21-13-8-4-6-10-15(13)26-2)17(22-19(25)20-11)12-7-3-5-9-14(12)23/h3-10,17,23H,1-2H3,(H,21,24)(H2,20,22,25)/t17-/m1/s1. The number of carbonyl (C=O) groups is 2. The summed E-state index contributed by atoms with van der Waals surface area (Å²) >= 11 is 0. The Bertz CT molecular complexity index is 892. The molecule has 3 rings (SSSR count). The van der Waals surface area contributed by atoms with Gasteiger partial charge in [0.2, 0.25) is 0 Å². The molecule has 7 nitrogen and oxygen atoms in total. The van der Waals surface area contributed by atoms with Gasteiger partial charge in [-0.15, -0.1) is 0 Å². The molecule has 0 aliphatic carbocycles. The van der Waals surface area contributed by atoms with Crippen LogP contribution in [-0.2, 0) is 4.79 Å². The Balaban J connectivity index is 1.99. The topological polar surface area (TPSA) is 99.7 Å². The molecule has 0 saturated heterocycles. The molecule has 7 heteroatoms. The predicted molar refractivity (Wildman–Crippen MR) is 96.8 cm³/mol. The molecule has 0 radical (unpaired) electrons. The number of aromatic hydroxyl groups is 1. The third-order valence-electron chi connectivity index (χ3n) is 4.12. The van der Waals surface area contributed by atoms with Gasteiger partial charge in [-0.2, -0.15) is 0 Å². The fourth-order valence-corrected chi connectivity index (χ4v) is 2.90. The molecule has 2 aromatic carbocycles. The average Bonchev–Trinajstić information content (AvgIpc) is 2.61. The molecule has 3 amide bonds. The van der Waals surface area contributed by atoms with Crippen molar-refractivity contribution >= 4 is 17.6 Å². The zero-order chi connectivity index (χ0) is 18.7. The van der Waals surface area contributed by atoms with Crippen LogP contribution in [0.2, 0.25) is 0 Å². The Morgan fingerprint density at radius 3 is 2.58 bits per heavy atom. The summed E-state index contributed by atoms with van der Waals surface area (Å²) in [7, 11) is 1.52. The molecular weight excluding hydrogens is 334 g/mol. The maximum absolute atomic E-state index is 13.0. The number of para-hydroxylation sites is 3. The maximum atomic E-state index is 13.0. The van der Waals surface area contributed by atoms with E-state index in [1.54, 1.807) is 49.4 Å². The Hall–Kier alpha value is -3.48. The molecule has 0 bridgehead atoms. The highest BCUT2D eigenvalue weighted by atomic mass is 16.5. The van der Waals surface area contributed by atoms with E-state index in [4.69, 9.17) is 4.74 Å². The van der Waals surface area contributed by atoms with E-state index in [9.17, 15) is 14.7 Å². The number of hydrogen-bond acceptors (Lipinski definition) is 4. The number of phenols is 1. The van der Waals surface area contributed by atoms with Gasteiger partial charge >= 0.3 is 6.03 Å². The van der Waals surface area contributed by atoms with Crippen LogP contribution in [0.4, 0.5) is 10.5 Å². The molecule has 0 spiro atoms. The molecule has 0 saturated carbocycles. The molecular formula is C19H19N3O4. The summed E-state index contributed by atoms with van der Waals surface area (Å²) in [5, 5.41) is 18.3. The van der Waals surface area contributed by atoms with Gasteiger partial charge < -0.3 is 25.8 Å². The Morgan fingerprint density at radius 1 is 1.15 bits per heavy atom. The lowest BCUT2D eigenvalue weighted by molar-refractivity contribution is -0.113. The second kappa shape index (κ2) is 7.18. The van der Waals surface area contributed by atoms with Gasteiger partial charge in [-0.05, 0) is 25.1 Å². The van der Waals surface area contributed by atoms with Crippen LogP contribution in [0.3, 0.4) is 0 Å². The van der Waals surface area contributed by atoms with Crippen molar-refractivity contribution in [1.82, 2.24) is 10.6 Å². The molecule has 134 valence electrons. The van der Waals surface area contributed by atoms with Gasteiger partial charge in [0.05, 0.1) is 24.4 Å². The third-order valence-corrected chi connectivity index (χ3v) is 4.12. The van der Waals surface area contributed by atoms with Crippen LogP contribution < -0.4 is 20.7 Å². The van der Waals surface area contributed by atoms with Crippen LogP contribution in [0, 0.1) is 0 Å². The molecule has 26 heavy (non-hydrogen) atoms. The second-order valence-corrected chi connectivity index (χ2v) is 5.78. The molecule has 0 fully saturated rings. The first-order chi connectivity index (χ1) is 12.5. The molecule has 2 aromatic rings. The third kappa shape index (κ3) is 3.32. The molecule has 0 unspecified atom stereocenters. The van der Waals surface area contributed by atoms with E-state index < -0.39 is 18.0 Å². The highest BCUT2D eigenvalue weighted by molar-refractivity contribution is 6.07. The summed E-state index contributed by atoms with van der Waals surface area (Å²) < 4.78 is 5.25. The lowest BCUT2D eigenvalue weighted by Gasteiger charge is -2.29. The number of amides is 3. The summed E-state index contributed by atoms with van der Waals surface area (Å²) in [6, 6.07) is 12.4. The van der Waals surface area contributed by atoms with Crippen molar-refractivity contribution in [2.24, 2.45) is 0 Å². The van der Waals surface area contributed by atoms with Crippen LogP contribution in [0.5, 0.6) is 11.5 Å². The first kappa shape index (κ1) is 17.3. The van der Waals surface area contributed by atoms with Crippen molar-refractivity contribution in [2.75, 3.05) is 12.4 Å². The van der Waals surface area contributed by atoms with Crippen molar-refractivity contribution in [2.45, 2.75) is 13.0 Å². The number of carbonyl (C=O) groups excluding carboxylic acids is 2. The number of allylic oxidation sites excluding steroid dienone is 1. The number of hydrogen-bond donors (Lipinski definition) is 4. The average molecular weight is 353 g/mol. The SMILES string of the molecule is COc1ccccc1NC(=O)C1=C(C)NC(=O)N[C@@H]1c1ccccc1O. The van der Waals surface area contributed by atoms with E-state index in [0.717, 1.165) is 0 Å². The quantitative estimate of drug-likeness (QED) is 0.679. The van der Waals surface area contributed by atoms with Crippen LogP contribution in [0.25, 0.3) is 0 Å². The number of urea groups is 1. The lowest BCUT2D eigenvalue weighted by atomic mass is 9.94. The van der Waals surface area contributed by atoms with Gasteiger partial charge in [0.15, 0.2) is 0 Å². The van der Waals surface area contributed by atoms with Crippen molar-refractivity contribution in [1.29, 1.82) is 0 Å². The minimum Gasteiger partial charge on any atom is -0.508 e. The summed E-state index contributed by atoms with van der Waals surface area (Å²) in [6.07, 6.45) is 0. The number of phenolic OH excluding ortho intramolecular Hbond substituents is 1. The monoisotopic (exact) mass is 353 g/mol. The number of rotatable bonds is 4. The zero-order valence-corrected chi connectivity index (χ0v) is 14.4. The van der Waals surface area contributed by atoms with E-state index in [1.165, 1.54) is 13.2 Å². The van der Waals surface area contributed by atoms with E-state index >= 15 is 0 Å². The van der Waals surface area contributed by atoms with E-state index in [-0.39, 0.29) is 5.75 Å². The fraction of sp³-hybridized carbons (Fsp3) is 0.158. The van der Waals surface area contributed by atoms with Crippen LogP contribution >= 0.6 is 0 Å². The number of nitrogens with one attached hydrogen (secondary N) is 3. The molecule has 1 heterocycles. The summed E-state index contributed by atoms with van der Waals surface area (Å²) in [5.74, 6) is 0.105. The number of methoxy groups -OCH3 is 1. The van der Waals surface area contributed by atoms with Crippen molar-refractivity contribution in [3.63, 3.8) is 0 Å². The number of anilines is 1. The highest BCUT2D eigenvalue weighted by Crippen LogP contribution is 2.33. The Labute approximate surface area is 150 Å². The van der Waals surface area contributed by atoms with Crippen molar-refractivity contribution in [3.05, 3.63) is 65.4 Å². The Morgan fingerprint density at radius 2 is 1.85 bits per heavy atom. The fourth-order valence-electron chi connectivity index (χ4n) is 2.90. The summed E-state index contributed by atoms with van der Waals surface area (Å²) in [6.45, 7) is 1.64. The van der Waals surface area contributed by atoms with Crippen LogP contribution in [0.1, 0.15) is 18.5 Å². The molecule has 1 aliphatic heterocycles. The maximum Gasteiger partial charge on any atom is 0.319 e. The lowest BCUT2D eigenvalue weighted by Crippen LogP contribution is -2.46. The van der Waals surface area contributed by atoms with Crippen LogP contribution in [-0.4, -0.2) is 24.2 Å². The molecule has 1 atom stereocenters. The van der Waals surface area contributed by atoms with Gasteiger partial charge in [0, 0.05) is 11.3 Å². The van der Waals surface area contributed by atoms with Gasteiger partial charge in [0.25, 0.3) is 5.91 Å². The first-order valence-corrected chi connectivity index (χ1v) is 8.01. The predicted octanol–water partition coefficient (Wildman–Crippen LogP) is 2.67. The van der Waals surface area contributed by atoms with Crippen LogP contribution in [0.15, 0.2) is 59.8 Å². The van der Waals surface area contributed by atoms with Gasteiger partial charge in [-0.3, -0.25) is 4.79 Å². The highest BCUT2D eigenvalue weighted by Gasteiger charge is 2.32. The van der Waals surface area contributed by atoms with E-state index in [1.807, 2.05) is 0 Å². The van der Waals surface area contributed by atoms with Crippen molar-refractivity contribution in [3.8, 4) is 11.5 Å². The normalized spacial score (nSPS) is 16.5. The van der Waals surface area contributed by atoms with E-state index in [2.05, 4.69) is 16.0 Å². The van der Waals surface area contributed by atoms with E-state index in [0.29, 0.717) is 28.3 Å². The summed E-state index contributed by atoms with van der Waals surface area (Å²) in [5.41, 5.74) is 1.66. The number of benzene rings is 2. The first-order valence-electron chi connectivity index (χ1n) is 8.01. The zero-order valence-electron chi connectivity index (χ0n) is 14.4. The Kier molecular flexibility index (Phi) is 4.79. The van der Waals surface area contributed by atoms with Crippen molar-refractivity contribution < 1.29 is 19.4 Å². The molecule has 4 N–H and O–H groups in total. The van der Waals surface area contributed by atoms with Gasteiger partial charge in [-0.1, -0.05) is 30.3 Å². The largest absolute Gasteiger partial charge is 0.508 e.